The van der Waals surface area contributed by atoms with Crippen LogP contribution in [-0.2, 0) is 0 Å². The van der Waals surface area contributed by atoms with E-state index in [1.54, 1.807) is 0 Å². The zero-order chi connectivity index (χ0) is 8.84. The molecule has 0 spiro atoms. The van der Waals surface area contributed by atoms with Crippen molar-refractivity contribution in [2.24, 2.45) is 5.73 Å². The Morgan fingerprint density at radius 1 is 1.31 bits per heavy atom. The molecule has 2 atom stereocenters. The normalized spacial score (nSPS) is 26.5. The minimum Gasteiger partial charge on any atom is -0.361 e. The van der Waals surface area contributed by atoms with Crippen molar-refractivity contribution in [1.82, 2.24) is 4.98 Å². The average Bonchev–Trinajstić information content (AvgIpc) is 2.70. The van der Waals surface area contributed by atoms with Gasteiger partial charge >= 0.3 is 0 Å². The number of nitrogens with two attached hydrogens (primary N) is 1. The van der Waals surface area contributed by atoms with Crippen molar-refractivity contribution >= 4 is 10.9 Å². The van der Waals surface area contributed by atoms with Crippen molar-refractivity contribution in [3.05, 3.63) is 36.0 Å². The van der Waals surface area contributed by atoms with Crippen LogP contribution < -0.4 is 5.73 Å². The Morgan fingerprint density at radius 2 is 2.15 bits per heavy atom. The van der Waals surface area contributed by atoms with Crippen molar-refractivity contribution in [3.8, 4) is 0 Å². The highest BCUT2D eigenvalue weighted by Gasteiger charge is 2.34. The monoisotopic (exact) mass is 172 g/mol. The molecule has 2 nitrogen and oxygen atoms in total. The summed E-state index contributed by atoms with van der Waals surface area (Å²) in [7, 11) is 0. The summed E-state index contributed by atoms with van der Waals surface area (Å²) in [5.74, 6) is 0.610. The van der Waals surface area contributed by atoms with E-state index in [1.807, 2.05) is 6.20 Å². The first-order chi connectivity index (χ1) is 6.34. The summed E-state index contributed by atoms with van der Waals surface area (Å²) in [6.45, 7) is 0. The molecular formula is C11H12N2. The van der Waals surface area contributed by atoms with Gasteiger partial charge in [0.2, 0.25) is 0 Å². The maximum Gasteiger partial charge on any atom is 0.0454 e. The molecule has 13 heavy (non-hydrogen) atoms. The Balaban J connectivity index is 2.10. The van der Waals surface area contributed by atoms with Crippen LogP contribution in [0.4, 0.5) is 0 Å². The lowest BCUT2D eigenvalue weighted by Crippen LogP contribution is -2.00. The lowest BCUT2D eigenvalue weighted by Gasteiger charge is -1.98. The number of aromatic amines is 1. The van der Waals surface area contributed by atoms with Gasteiger partial charge in [0.15, 0.2) is 0 Å². The molecule has 1 heterocycles. The summed E-state index contributed by atoms with van der Waals surface area (Å²) in [5, 5.41) is 1.29. The van der Waals surface area contributed by atoms with Crippen molar-refractivity contribution in [3.63, 3.8) is 0 Å². The Kier molecular flexibility index (Phi) is 1.30. The van der Waals surface area contributed by atoms with Crippen molar-refractivity contribution in [2.45, 2.75) is 18.4 Å². The first-order valence-electron chi connectivity index (χ1n) is 4.67. The third-order valence-corrected chi connectivity index (χ3v) is 2.85. The molecular weight excluding hydrogens is 160 g/mol. The highest BCUT2D eigenvalue weighted by molar-refractivity contribution is 5.80. The average molecular weight is 172 g/mol. The number of benzene rings is 1. The van der Waals surface area contributed by atoms with Gasteiger partial charge in [-0.05, 0) is 35.6 Å². The lowest BCUT2D eigenvalue weighted by atomic mass is 10.1. The predicted octanol–water partition coefficient (Wildman–Crippen LogP) is 1.98. The summed E-state index contributed by atoms with van der Waals surface area (Å²) >= 11 is 0. The fourth-order valence-corrected chi connectivity index (χ4v) is 1.90. The summed E-state index contributed by atoms with van der Waals surface area (Å²) in [6.07, 6.45) is 3.12. The van der Waals surface area contributed by atoms with E-state index in [1.165, 1.54) is 16.5 Å². The van der Waals surface area contributed by atoms with Crippen molar-refractivity contribution in [1.29, 1.82) is 0 Å². The molecule has 1 aliphatic rings. The van der Waals surface area contributed by atoms with E-state index in [-0.39, 0.29) is 0 Å². The fraction of sp³-hybridized carbons (Fsp3) is 0.273. The van der Waals surface area contributed by atoms with Gasteiger partial charge in [-0.25, -0.2) is 0 Å². The summed E-state index contributed by atoms with van der Waals surface area (Å²) in [5.41, 5.74) is 8.41. The standard InChI is InChI=1S/C11H12N2/c12-10-6-9(10)7-1-2-11-8(5-7)3-4-13-11/h1-5,9-10,13H,6,12H2. The van der Waals surface area contributed by atoms with E-state index in [2.05, 4.69) is 29.2 Å². The molecule has 0 radical (unpaired) electrons. The number of aromatic nitrogens is 1. The second kappa shape index (κ2) is 2.36. The molecule has 1 saturated carbocycles. The van der Waals surface area contributed by atoms with Gasteiger partial charge in [-0.3, -0.25) is 0 Å². The molecule has 2 unspecified atom stereocenters. The number of fused-ring (bicyclic) bond motifs is 1. The minimum atomic E-state index is 0.399. The van der Waals surface area contributed by atoms with Crippen LogP contribution in [0.1, 0.15) is 17.9 Å². The zero-order valence-electron chi connectivity index (χ0n) is 7.33. The van der Waals surface area contributed by atoms with Crippen LogP contribution in [0.25, 0.3) is 10.9 Å². The molecule has 1 aromatic heterocycles. The predicted molar refractivity (Wildman–Crippen MR) is 53.6 cm³/mol. The van der Waals surface area contributed by atoms with Crippen LogP contribution in [-0.4, -0.2) is 11.0 Å². The SMILES string of the molecule is NC1CC1c1ccc2[nH]ccc2c1. The summed E-state index contributed by atoms with van der Waals surface area (Å²) in [4.78, 5) is 3.19. The number of nitrogens with one attached hydrogen (secondary N) is 1. The van der Waals surface area contributed by atoms with Gasteiger partial charge < -0.3 is 10.7 Å². The number of hydrogen-bond acceptors (Lipinski definition) is 1. The van der Waals surface area contributed by atoms with Crippen LogP contribution in [0, 0.1) is 0 Å². The molecule has 66 valence electrons. The highest BCUT2D eigenvalue weighted by Crippen LogP contribution is 2.39. The summed E-state index contributed by atoms with van der Waals surface area (Å²) < 4.78 is 0. The summed E-state index contributed by atoms with van der Waals surface area (Å²) in [6, 6.07) is 9.05. The van der Waals surface area contributed by atoms with E-state index in [9.17, 15) is 0 Å². The second-order valence-corrected chi connectivity index (χ2v) is 3.83. The number of rotatable bonds is 1. The number of hydrogen-bond donors (Lipinski definition) is 2. The molecule has 0 saturated heterocycles. The molecule has 2 aromatic rings. The molecule has 1 aliphatic carbocycles. The van der Waals surface area contributed by atoms with E-state index >= 15 is 0 Å². The number of H-pyrrole nitrogens is 1. The van der Waals surface area contributed by atoms with Gasteiger partial charge in [0.05, 0.1) is 0 Å². The van der Waals surface area contributed by atoms with Gasteiger partial charge in [-0.2, -0.15) is 0 Å². The quantitative estimate of drug-likeness (QED) is 0.678. The van der Waals surface area contributed by atoms with Crippen molar-refractivity contribution in [2.75, 3.05) is 0 Å². The van der Waals surface area contributed by atoms with Gasteiger partial charge in [-0.15, -0.1) is 0 Å². The maximum absolute atomic E-state index is 5.81. The minimum absolute atomic E-state index is 0.399. The molecule has 2 heteroatoms. The van der Waals surface area contributed by atoms with E-state index in [4.69, 9.17) is 5.73 Å². The molecule has 1 fully saturated rings. The topological polar surface area (TPSA) is 41.8 Å². The maximum atomic E-state index is 5.81. The van der Waals surface area contributed by atoms with E-state index in [0.29, 0.717) is 12.0 Å². The fourth-order valence-electron chi connectivity index (χ4n) is 1.90. The first kappa shape index (κ1) is 7.15. The molecule has 0 aliphatic heterocycles. The Labute approximate surface area is 76.8 Å². The Hall–Kier alpha value is -1.28. The van der Waals surface area contributed by atoms with Gasteiger partial charge in [-0.1, -0.05) is 6.07 Å². The van der Waals surface area contributed by atoms with Crippen LogP contribution in [0.3, 0.4) is 0 Å². The third kappa shape index (κ3) is 1.06. The third-order valence-electron chi connectivity index (χ3n) is 2.85. The lowest BCUT2D eigenvalue weighted by molar-refractivity contribution is 0.992. The van der Waals surface area contributed by atoms with Gasteiger partial charge in [0.25, 0.3) is 0 Å². The Bertz CT molecular complexity index is 444. The smallest absolute Gasteiger partial charge is 0.0454 e. The largest absolute Gasteiger partial charge is 0.361 e. The van der Waals surface area contributed by atoms with Crippen LogP contribution in [0.5, 0.6) is 0 Å². The zero-order valence-corrected chi connectivity index (χ0v) is 7.33. The van der Waals surface area contributed by atoms with Crippen LogP contribution in [0.15, 0.2) is 30.5 Å². The molecule has 0 amide bonds. The van der Waals surface area contributed by atoms with E-state index in [0.717, 1.165) is 6.42 Å². The van der Waals surface area contributed by atoms with Crippen molar-refractivity contribution < 1.29 is 0 Å². The molecule has 0 bridgehead atoms. The van der Waals surface area contributed by atoms with Crippen LogP contribution >= 0.6 is 0 Å². The highest BCUT2D eigenvalue weighted by atomic mass is 14.7. The van der Waals surface area contributed by atoms with Gasteiger partial charge in [0, 0.05) is 23.7 Å². The Morgan fingerprint density at radius 3 is 2.92 bits per heavy atom. The van der Waals surface area contributed by atoms with Gasteiger partial charge in [0.1, 0.15) is 0 Å². The molecule has 3 N–H and O–H groups in total. The van der Waals surface area contributed by atoms with E-state index < -0.39 is 0 Å². The molecule has 1 aromatic carbocycles. The second-order valence-electron chi connectivity index (χ2n) is 3.83. The first-order valence-corrected chi connectivity index (χ1v) is 4.67. The molecule has 3 rings (SSSR count). The van der Waals surface area contributed by atoms with Crippen LogP contribution in [0.2, 0.25) is 0 Å².